The molecule has 30 heavy (non-hydrogen) atoms. The maximum atomic E-state index is 13.2. The van der Waals surface area contributed by atoms with Gasteiger partial charge in [-0.3, -0.25) is 4.79 Å². The van der Waals surface area contributed by atoms with Crippen molar-refractivity contribution in [1.82, 2.24) is 19.9 Å². The third kappa shape index (κ3) is 3.11. The Bertz CT molecular complexity index is 1090. The maximum absolute atomic E-state index is 13.2. The minimum absolute atomic E-state index is 0.0513. The number of benzene rings is 1. The number of fused-ring (bicyclic) bond motifs is 2. The smallest absolute Gasteiger partial charge is 0.291 e. The van der Waals surface area contributed by atoms with E-state index in [0.29, 0.717) is 30.3 Å². The zero-order chi connectivity index (χ0) is 20.7. The molecule has 1 spiro atoms. The summed E-state index contributed by atoms with van der Waals surface area (Å²) in [7, 11) is 0. The van der Waals surface area contributed by atoms with Crippen LogP contribution in [0.5, 0.6) is 0 Å². The lowest BCUT2D eigenvalue weighted by Gasteiger charge is -2.40. The summed E-state index contributed by atoms with van der Waals surface area (Å²) in [6, 6.07) is 10.1. The van der Waals surface area contributed by atoms with Gasteiger partial charge in [-0.1, -0.05) is 37.3 Å². The van der Waals surface area contributed by atoms with E-state index >= 15 is 0 Å². The van der Waals surface area contributed by atoms with Gasteiger partial charge in [0.2, 0.25) is 5.76 Å². The summed E-state index contributed by atoms with van der Waals surface area (Å²) in [5.74, 6) is 1.71. The molecule has 1 unspecified atom stereocenters. The van der Waals surface area contributed by atoms with E-state index in [0.717, 1.165) is 49.3 Å². The van der Waals surface area contributed by atoms with Gasteiger partial charge in [-0.15, -0.1) is 0 Å². The molecule has 3 heterocycles. The van der Waals surface area contributed by atoms with Crippen LogP contribution in [-0.4, -0.2) is 38.8 Å². The van der Waals surface area contributed by atoms with Crippen molar-refractivity contribution in [3.8, 4) is 11.4 Å². The Morgan fingerprint density at radius 3 is 2.80 bits per heavy atom. The summed E-state index contributed by atoms with van der Waals surface area (Å²) < 4.78 is 5.75. The highest BCUT2D eigenvalue weighted by Crippen LogP contribution is 2.44. The van der Waals surface area contributed by atoms with Crippen molar-refractivity contribution in [3.05, 3.63) is 65.1 Å². The number of oxazole rings is 1. The number of hydrogen-bond donors (Lipinski definition) is 0. The second kappa shape index (κ2) is 7.35. The van der Waals surface area contributed by atoms with Gasteiger partial charge in [0.1, 0.15) is 0 Å². The van der Waals surface area contributed by atoms with Gasteiger partial charge >= 0.3 is 0 Å². The van der Waals surface area contributed by atoms with Crippen LogP contribution in [0.2, 0.25) is 0 Å². The van der Waals surface area contributed by atoms with Crippen LogP contribution in [0.15, 0.2) is 40.9 Å². The van der Waals surface area contributed by atoms with Crippen LogP contribution in [0.25, 0.3) is 11.4 Å². The third-order valence-electron chi connectivity index (χ3n) is 6.47. The molecule has 154 valence electrons. The normalized spacial score (nSPS) is 20.5. The average Bonchev–Trinajstić information content (AvgIpc) is 3.34. The molecule has 1 aliphatic carbocycles. The number of amides is 1. The average molecular weight is 402 g/mol. The van der Waals surface area contributed by atoms with Gasteiger partial charge in [0.25, 0.3) is 5.91 Å². The molecule has 2 aromatic heterocycles. The number of hydrogen-bond acceptors (Lipinski definition) is 5. The topological polar surface area (TPSA) is 72.1 Å². The molecular weight excluding hydrogens is 376 g/mol. The van der Waals surface area contributed by atoms with Gasteiger partial charge in [-0.05, 0) is 38.2 Å². The lowest BCUT2D eigenvalue weighted by molar-refractivity contribution is 0.0599. The fourth-order valence-electron chi connectivity index (χ4n) is 4.92. The minimum Gasteiger partial charge on any atom is -0.435 e. The van der Waals surface area contributed by atoms with E-state index in [1.165, 1.54) is 5.56 Å². The van der Waals surface area contributed by atoms with Crippen molar-refractivity contribution in [1.29, 1.82) is 0 Å². The Morgan fingerprint density at radius 2 is 2.03 bits per heavy atom. The Balaban J connectivity index is 1.46. The van der Waals surface area contributed by atoms with Crippen LogP contribution < -0.4 is 0 Å². The number of likely N-dealkylation sites (tertiary alicyclic amines) is 1. The monoisotopic (exact) mass is 402 g/mol. The predicted octanol–water partition coefficient (Wildman–Crippen LogP) is 4.12. The quantitative estimate of drug-likeness (QED) is 0.659. The maximum Gasteiger partial charge on any atom is 0.291 e. The van der Waals surface area contributed by atoms with Gasteiger partial charge in [-0.25, -0.2) is 15.0 Å². The van der Waals surface area contributed by atoms with Crippen LogP contribution in [0.3, 0.4) is 0 Å². The molecule has 1 fully saturated rings. The molecule has 1 saturated heterocycles. The molecule has 2 aliphatic rings. The second-order valence-electron chi connectivity index (χ2n) is 8.42. The fourth-order valence-corrected chi connectivity index (χ4v) is 4.92. The first kappa shape index (κ1) is 19.0. The molecule has 1 aliphatic heterocycles. The standard InChI is InChI=1S/C24H26N4O2/c1-3-19-26-16(2)20(30-19)23(29)28-13-7-11-24(15-28)12-10-18-14-25-22(27-21(18)24)17-8-5-4-6-9-17/h4-6,8-9,14H,3,7,10-13,15H2,1-2H3. The number of piperidine rings is 1. The molecule has 6 heteroatoms. The summed E-state index contributed by atoms with van der Waals surface area (Å²) in [6.07, 6.45) is 6.65. The zero-order valence-corrected chi connectivity index (χ0v) is 17.5. The first-order valence-corrected chi connectivity index (χ1v) is 10.8. The molecule has 0 radical (unpaired) electrons. The first-order valence-electron chi connectivity index (χ1n) is 10.8. The number of rotatable bonds is 3. The third-order valence-corrected chi connectivity index (χ3v) is 6.47. The summed E-state index contributed by atoms with van der Waals surface area (Å²) in [6.45, 7) is 5.24. The Kier molecular flexibility index (Phi) is 4.65. The molecule has 3 aromatic rings. The number of aromatic nitrogens is 3. The van der Waals surface area contributed by atoms with E-state index in [1.54, 1.807) is 0 Å². The van der Waals surface area contributed by atoms with Gasteiger partial charge in [0.15, 0.2) is 11.7 Å². The van der Waals surface area contributed by atoms with Gasteiger partial charge in [0.05, 0.1) is 11.4 Å². The Labute approximate surface area is 176 Å². The molecule has 1 aromatic carbocycles. The summed E-state index contributed by atoms with van der Waals surface area (Å²) >= 11 is 0. The lowest BCUT2D eigenvalue weighted by Crippen LogP contribution is -2.48. The highest BCUT2D eigenvalue weighted by atomic mass is 16.4. The summed E-state index contributed by atoms with van der Waals surface area (Å²) in [5, 5.41) is 0. The number of aryl methyl sites for hydroxylation is 3. The van der Waals surface area contributed by atoms with E-state index in [-0.39, 0.29) is 11.3 Å². The minimum atomic E-state index is -0.1000. The van der Waals surface area contributed by atoms with Gasteiger partial charge in [0, 0.05) is 36.7 Å². The molecule has 1 amide bonds. The molecule has 0 N–H and O–H groups in total. The van der Waals surface area contributed by atoms with Crippen LogP contribution in [0.4, 0.5) is 0 Å². The van der Waals surface area contributed by atoms with Crippen LogP contribution >= 0.6 is 0 Å². The SMILES string of the molecule is CCc1nc(C)c(C(=O)N2CCCC3(CCc4cnc(-c5ccccc5)nc43)C2)o1. The Hall–Kier alpha value is -3.02. The van der Waals surface area contributed by atoms with E-state index in [2.05, 4.69) is 9.97 Å². The molecule has 6 nitrogen and oxygen atoms in total. The van der Waals surface area contributed by atoms with Crippen LogP contribution in [0, 0.1) is 6.92 Å². The van der Waals surface area contributed by atoms with E-state index < -0.39 is 0 Å². The van der Waals surface area contributed by atoms with Crippen molar-refractivity contribution in [2.45, 2.75) is 51.4 Å². The second-order valence-corrected chi connectivity index (χ2v) is 8.42. The Morgan fingerprint density at radius 1 is 1.20 bits per heavy atom. The van der Waals surface area contributed by atoms with Crippen molar-refractivity contribution in [3.63, 3.8) is 0 Å². The summed E-state index contributed by atoms with van der Waals surface area (Å²) in [5.41, 5.74) is 3.94. The summed E-state index contributed by atoms with van der Waals surface area (Å²) in [4.78, 5) is 29.2. The number of carbonyl (C=O) groups excluding carboxylic acids is 1. The highest BCUT2D eigenvalue weighted by Gasteiger charge is 2.45. The predicted molar refractivity (Wildman–Crippen MR) is 113 cm³/mol. The van der Waals surface area contributed by atoms with Gasteiger partial charge in [-0.2, -0.15) is 0 Å². The van der Waals surface area contributed by atoms with Crippen molar-refractivity contribution in [2.24, 2.45) is 0 Å². The molecular formula is C24H26N4O2. The van der Waals surface area contributed by atoms with Crippen molar-refractivity contribution < 1.29 is 9.21 Å². The molecule has 1 atom stereocenters. The molecule has 5 rings (SSSR count). The van der Waals surface area contributed by atoms with E-state index in [4.69, 9.17) is 9.40 Å². The van der Waals surface area contributed by atoms with Crippen LogP contribution in [-0.2, 0) is 18.3 Å². The molecule has 0 bridgehead atoms. The van der Waals surface area contributed by atoms with Gasteiger partial charge < -0.3 is 9.32 Å². The van der Waals surface area contributed by atoms with Crippen molar-refractivity contribution >= 4 is 5.91 Å². The van der Waals surface area contributed by atoms with Crippen LogP contribution in [0.1, 0.15) is 59.6 Å². The zero-order valence-electron chi connectivity index (χ0n) is 17.5. The number of carbonyl (C=O) groups is 1. The highest BCUT2D eigenvalue weighted by molar-refractivity contribution is 5.92. The fraction of sp³-hybridized carbons (Fsp3) is 0.417. The van der Waals surface area contributed by atoms with E-state index in [1.807, 2.05) is 55.3 Å². The van der Waals surface area contributed by atoms with Crippen molar-refractivity contribution in [2.75, 3.05) is 13.1 Å². The lowest BCUT2D eigenvalue weighted by atomic mass is 9.77. The first-order chi connectivity index (χ1) is 14.6. The molecule has 0 saturated carbocycles. The van der Waals surface area contributed by atoms with E-state index in [9.17, 15) is 4.79 Å². The number of nitrogens with zero attached hydrogens (tertiary/aromatic N) is 4. The largest absolute Gasteiger partial charge is 0.435 e.